The van der Waals surface area contributed by atoms with Gasteiger partial charge in [0.1, 0.15) is 0 Å². The lowest BCUT2D eigenvalue weighted by Gasteiger charge is -2.17. The van der Waals surface area contributed by atoms with E-state index >= 15 is 0 Å². The maximum absolute atomic E-state index is 5.70. The van der Waals surface area contributed by atoms with Crippen molar-refractivity contribution in [2.45, 2.75) is 17.4 Å². The minimum absolute atomic E-state index is 0.120. The summed E-state index contributed by atoms with van der Waals surface area (Å²) in [5, 5.41) is 0. The molecule has 2 nitrogen and oxygen atoms in total. The van der Waals surface area contributed by atoms with E-state index in [9.17, 15) is 0 Å². The number of hydrogen-bond acceptors (Lipinski definition) is 3. The number of thioether (sulfide) groups is 1. The molecule has 0 aliphatic heterocycles. The number of rotatable bonds is 5. The molecule has 0 aromatic heterocycles. The lowest BCUT2D eigenvalue weighted by molar-refractivity contribution is 0.551. The van der Waals surface area contributed by atoms with Crippen molar-refractivity contribution in [2.24, 2.45) is 5.84 Å². The molecule has 1 unspecified atom stereocenters. The molecule has 19 heavy (non-hydrogen) atoms. The monoisotopic (exact) mass is 336 g/mol. The SMILES string of the molecule is CSc1ccc(C(Cc2ccccc2Br)NN)cc1. The molecule has 0 amide bonds. The van der Waals surface area contributed by atoms with Crippen LogP contribution in [0, 0.1) is 0 Å². The Morgan fingerprint density at radius 1 is 1.16 bits per heavy atom. The Morgan fingerprint density at radius 3 is 2.42 bits per heavy atom. The lowest BCUT2D eigenvalue weighted by Crippen LogP contribution is -2.29. The smallest absolute Gasteiger partial charge is 0.0500 e. The predicted octanol–water partition coefficient (Wildman–Crippen LogP) is 3.92. The van der Waals surface area contributed by atoms with Crippen LogP contribution in [-0.2, 0) is 6.42 Å². The van der Waals surface area contributed by atoms with Crippen molar-refractivity contribution in [1.82, 2.24) is 5.43 Å². The van der Waals surface area contributed by atoms with Crippen LogP contribution in [0.4, 0.5) is 0 Å². The first-order valence-electron chi connectivity index (χ1n) is 6.08. The molecule has 1 atom stereocenters. The molecule has 0 bridgehead atoms. The number of nitrogens with two attached hydrogens (primary N) is 1. The third kappa shape index (κ3) is 3.83. The number of hydrazine groups is 1. The van der Waals surface area contributed by atoms with Crippen LogP contribution in [0.3, 0.4) is 0 Å². The summed E-state index contributed by atoms with van der Waals surface area (Å²) < 4.78 is 1.12. The molecule has 0 spiro atoms. The van der Waals surface area contributed by atoms with E-state index in [4.69, 9.17) is 5.84 Å². The number of nitrogens with one attached hydrogen (secondary N) is 1. The second kappa shape index (κ2) is 7.10. The molecular weight excluding hydrogens is 320 g/mol. The highest BCUT2D eigenvalue weighted by Crippen LogP contribution is 2.24. The molecule has 0 aliphatic rings. The summed E-state index contributed by atoms with van der Waals surface area (Å²) in [7, 11) is 0. The zero-order valence-corrected chi connectivity index (χ0v) is 13.2. The molecule has 0 saturated carbocycles. The maximum Gasteiger partial charge on any atom is 0.0500 e. The number of hydrogen-bond donors (Lipinski definition) is 2. The van der Waals surface area contributed by atoms with Crippen molar-refractivity contribution in [3.8, 4) is 0 Å². The second-order valence-electron chi connectivity index (χ2n) is 4.29. The Labute approximate surface area is 126 Å². The predicted molar refractivity (Wildman–Crippen MR) is 86.1 cm³/mol. The topological polar surface area (TPSA) is 38.0 Å². The van der Waals surface area contributed by atoms with Gasteiger partial charge in [-0.15, -0.1) is 11.8 Å². The summed E-state index contributed by atoms with van der Waals surface area (Å²) >= 11 is 5.32. The van der Waals surface area contributed by atoms with Crippen molar-refractivity contribution >= 4 is 27.7 Å². The molecule has 2 rings (SSSR count). The van der Waals surface area contributed by atoms with E-state index in [0.29, 0.717) is 0 Å². The van der Waals surface area contributed by atoms with Crippen LogP contribution in [0.1, 0.15) is 17.2 Å². The first-order chi connectivity index (χ1) is 9.24. The molecule has 3 N–H and O–H groups in total. The summed E-state index contributed by atoms with van der Waals surface area (Å²) in [5.41, 5.74) is 5.36. The van der Waals surface area contributed by atoms with Crippen molar-refractivity contribution < 1.29 is 0 Å². The fraction of sp³-hybridized carbons (Fsp3) is 0.200. The standard InChI is InChI=1S/C15H17BrN2S/c1-19-13-8-6-11(7-9-13)15(18-17)10-12-4-2-3-5-14(12)16/h2-9,15,18H,10,17H2,1H3. The van der Waals surface area contributed by atoms with Gasteiger partial charge in [0.15, 0.2) is 0 Å². The molecule has 2 aromatic carbocycles. The minimum Gasteiger partial charge on any atom is -0.271 e. The highest BCUT2D eigenvalue weighted by atomic mass is 79.9. The highest BCUT2D eigenvalue weighted by Gasteiger charge is 2.12. The quantitative estimate of drug-likeness (QED) is 0.493. The fourth-order valence-corrected chi connectivity index (χ4v) is 2.85. The summed E-state index contributed by atoms with van der Waals surface area (Å²) in [4.78, 5) is 1.26. The van der Waals surface area contributed by atoms with Gasteiger partial charge in [-0.2, -0.15) is 0 Å². The maximum atomic E-state index is 5.70. The van der Waals surface area contributed by atoms with Crippen molar-refractivity contribution in [2.75, 3.05) is 6.26 Å². The number of benzene rings is 2. The Hall–Kier alpha value is -0.810. The van der Waals surface area contributed by atoms with E-state index in [-0.39, 0.29) is 6.04 Å². The third-order valence-corrected chi connectivity index (χ3v) is 4.62. The zero-order chi connectivity index (χ0) is 13.7. The molecule has 0 radical (unpaired) electrons. The minimum atomic E-state index is 0.120. The highest BCUT2D eigenvalue weighted by molar-refractivity contribution is 9.10. The lowest BCUT2D eigenvalue weighted by atomic mass is 9.99. The van der Waals surface area contributed by atoms with Crippen LogP contribution in [0.5, 0.6) is 0 Å². The summed E-state index contributed by atoms with van der Waals surface area (Å²) in [6.45, 7) is 0. The fourth-order valence-electron chi connectivity index (χ4n) is 1.99. The van der Waals surface area contributed by atoms with Crippen LogP contribution in [0.15, 0.2) is 57.9 Å². The normalized spacial score (nSPS) is 12.4. The molecule has 100 valence electrons. The first-order valence-corrected chi connectivity index (χ1v) is 8.10. The molecule has 0 heterocycles. The van der Waals surface area contributed by atoms with Gasteiger partial charge < -0.3 is 0 Å². The van der Waals surface area contributed by atoms with E-state index in [1.807, 2.05) is 12.1 Å². The Balaban J connectivity index is 2.17. The second-order valence-corrected chi connectivity index (χ2v) is 6.02. The van der Waals surface area contributed by atoms with Gasteiger partial charge in [0.05, 0.1) is 6.04 Å². The molecule has 0 saturated heterocycles. The molecule has 2 aromatic rings. The van der Waals surface area contributed by atoms with Gasteiger partial charge in [-0.05, 0) is 42.0 Å². The molecule has 0 fully saturated rings. The first kappa shape index (κ1) is 14.6. The average Bonchev–Trinajstić information content (AvgIpc) is 2.47. The largest absolute Gasteiger partial charge is 0.271 e. The van der Waals surface area contributed by atoms with Gasteiger partial charge in [-0.3, -0.25) is 11.3 Å². The zero-order valence-electron chi connectivity index (χ0n) is 10.8. The van der Waals surface area contributed by atoms with E-state index in [0.717, 1.165) is 10.9 Å². The van der Waals surface area contributed by atoms with Crippen molar-refractivity contribution in [1.29, 1.82) is 0 Å². The van der Waals surface area contributed by atoms with Crippen molar-refractivity contribution in [3.05, 3.63) is 64.1 Å². The Kier molecular flexibility index (Phi) is 5.45. The molecular formula is C15H17BrN2S. The van der Waals surface area contributed by atoms with Crippen LogP contribution >= 0.6 is 27.7 Å². The van der Waals surface area contributed by atoms with Gasteiger partial charge in [-0.25, -0.2) is 0 Å². The third-order valence-electron chi connectivity index (χ3n) is 3.10. The summed E-state index contributed by atoms with van der Waals surface area (Å²) in [6, 6.07) is 16.9. The Morgan fingerprint density at radius 2 is 1.84 bits per heavy atom. The van der Waals surface area contributed by atoms with E-state index < -0.39 is 0 Å². The molecule has 4 heteroatoms. The number of halogens is 1. The summed E-state index contributed by atoms with van der Waals surface area (Å²) in [5.74, 6) is 5.70. The van der Waals surface area contributed by atoms with Gasteiger partial charge in [0, 0.05) is 9.37 Å². The van der Waals surface area contributed by atoms with Gasteiger partial charge in [0.2, 0.25) is 0 Å². The van der Waals surface area contributed by atoms with E-state index in [1.54, 1.807) is 11.8 Å². The summed E-state index contributed by atoms with van der Waals surface area (Å²) in [6.07, 6.45) is 2.94. The molecule has 0 aliphatic carbocycles. The van der Waals surface area contributed by atoms with Crippen LogP contribution < -0.4 is 11.3 Å². The van der Waals surface area contributed by atoms with Crippen molar-refractivity contribution in [3.63, 3.8) is 0 Å². The van der Waals surface area contributed by atoms with E-state index in [2.05, 4.69) is 64.0 Å². The van der Waals surface area contributed by atoms with Crippen LogP contribution in [0.2, 0.25) is 0 Å². The Bertz CT molecular complexity index is 528. The average molecular weight is 337 g/mol. The van der Waals surface area contributed by atoms with Gasteiger partial charge >= 0.3 is 0 Å². The van der Waals surface area contributed by atoms with Gasteiger partial charge in [0.25, 0.3) is 0 Å². The van der Waals surface area contributed by atoms with Crippen LogP contribution in [-0.4, -0.2) is 6.26 Å². The van der Waals surface area contributed by atoms with E-state index in [1.165, 1.54) is 16.0 Å². The van der Waals surface area contributed by atoms with Gasteiger partial charge in [-0.1, -0.05) is 46.3 Å². The van der Waals surface area contributed by atoms with Crippen LogP contribution in [0.25, 0.3) is 0 Å².